The molecule has 1 aromatic carbocycles. The van der Waals surface area contributed by atoms with Crippen LogP contribution in [-0.2, 0) is 9.53 Å². The second-order valence-electron chi connectivity index (χ2n) is 7.71. The molecule has 0 saturated heterocycles. The second-order valence-corrected chi connectivity index (χ2v) is 7.71. The highest BCUT2D eigenvalue weighted by Gasteiger charge is 2.28. The van der Waals surface area contributed by atoms with Crippen LogP contribution in [0.1, 0.15) is 75.0 Å². The van der Waals surface area contributed by atoms with Crippen LogP contribution in [0.2, 0.25) is 0 Å². The summed E-state index contributed by atoms with van der Waals surface area (Å²) in [7, 11) is 0. The number of nitrogens with zero attached hydrogens (tertiary/aromatic N) is 1. The number of esters is 1. The topological polar surface area (TPSA) is 65.4 Å². The van der Waals surface area contributed by atoms with E-state index in [4.69, 9.17) is 4.74 Å². The van der Waals surface area contributed by atoms with Gasteiger partial charge in [-0.3, -0.25) is 14.4 Å². The van der Waals surface area contributed by atoms with E-state index in [-0.39, 0.29) is 31.0 Å². The monoisotopic (exact) mass is 381 g/mol. The molecule has 0 unspecified atom stereocenters. The highest BCUT2D eigenvalue weighted by Crippen LogP contribution is 2.38. The fourth-order valence-corrected chi connectivity index (χ4v) is 3.64. The van der Waals surface area contributed by atoms with Crippen LogP contribution in [0, 0.1) is 27.7 Å². The number of benzene rings is 1. The molecule has 1 aromatic heterocycles. The zero-order valence-electron chi connectivity index (χ0n) is 17.0. The van der Waals surface area contributed by atoms with E-state index in [2.05, 4.69) is 4.57 Å². The summed E-state index contributed by atoms with van der Waals surface area (Å²) in [5.41, 5.74) is 5.15. The quantitative estimate of drug-likeness (QED) is 0.501. The van der Waals surface area contributed by atoms with Crippen molar-refractivity contribution in [3.05, 3.63) is 57.9 Å². The molecule has 0 radical (unpaired) electrons. The Morgan fingerprint density at radius 2 is 1.68 bits per heavy atom. The van der Waals surface area contributed by atoms with E-state index >= 15 is 0 Å². The van der Waals surface area contributed by atoms with Crippen molar-refractivity contribution in [2.24, 2.45) is 0 Å². The van der Waals surface area contributed by atoms with Crippen molar-refractivity contribution in [1.29, 1.82) is 0 Å². The van der Waals surface area contributed by atoms with Gasteiger partial charge in [0.15, 0.2) is 12.4 Å². The SMILES string of the molecule is Cc1ccc(C)c(C(=O)CCC(=O)OCC(=O)c2cc(C)n(C3CC3)c2C)c1. The minimum absolute atomic E-state index is 0.0272. The van der Waals surface area contributed by atoms with Gasteiger partial charge in [-0.15, -0.1) is 0 Å². The fourth-order valence-electron chi connectivity index (χ4n) is 3.64. The summed E-state index contributed by atoms with van der Waals surface area (Å²) in [4.78, 5) is 36.8. The molecule has 1 aliphatic rings. The van der Waals surface area contributed by atoms with Crippen molar-refractivity contribution in [2.75, 3.05) is 6.61 Å². The van der Waals surface area contributed by atoms with Crippen molar-refractivity contribution >= 4 is 17.5 Å². The summed E-state index contributed by atoms with van der Waals surface area (Å²) in [6, 6.07) is 8.06. The van der Waals surface area contributed by atoms with E-state index in [1.54, 1.807) is 0 Å². The average Bonchev–Trinajstić information content (AvgIpc) is 3.44. The fraction of sp³-hybridized carbons (Fsp3) is 0.435. The van der Waals surface area contributed by atoms with Gasteiger partial charge in [0.1, 0.15) is 0 Å². The third kappa shape index (κ3) is 4.41. The van der Waals surface area contributed by atoms with Crippen molar-refractivity contribution in [3.63, 3.8) is 0 Å². The van der Waals surface area contributed by atoms with Gasteiger partial charge in [0.05, 0.1) is 6.42 Å². The van der Waals surface area contributed by atoms with Crippen LogP contribution in [0.4, 0.5) is 0 Å². The van der Waals surface area contributed by atoms with Crippen LogP contribution >= 0.6 is 0 Å². The molecule has 1 fully saturated rings. The molecule has 0 amide bonds. The summed E-state index contributed by atoms with van der Waals surface area (Å²) in [6.45, 7) is 7.44. The number of carbonyl (C=O) groups is 3. The molecule has 5 heteroatoms. The van der Waals surface area contributed by atoms with Crippen LogP contribution in [0.15, 0.2) is 24.3 Å². The highest BCUT2D eigenvalue weighted by atomic mass is 16.5. The molecule has 0 aliphatic heterocycles. The second kappa shape index (κ2) is 8.13. The van der Waals surface area contributed by atoms with Crippen molar-refractivity contribution in [1.82, 2.24) is 4.57 Å². The minimum atomic E-state index is -0.525. The number of ether oxygens (including phenoxy) is 1. The summed E-state index contributed by atoms with van der Waals surface area (Å²) < 4.78 is 7.32. The molecule has 0 atom stereocenters. The number of rotatable bonds is 8. The number of aryl methyl sites for hydroxylation is 3. The maximum atomic E-state index is 12.5. The molecule has 1 aliphatic carbocycles. The lowest BCUT2D eigenvalue weighted by molar-refractivity contribution is -0.142. The van der Waals surface area contributed by atoms with Gasteiger partial charge in [0.25, 0.3) is 0 Å². The van der Waals surface area contributed by atoms with Crippen LogP contribution in [0.5, 0.6) is 0 Å². The Kier molecular flexibility index (Phi) is 5.82. The molecule has 0 bridgehead atoms. The van der Waals surface area contributed by atoms with E-state index in [1.165, 1.54) is 0 Å². The largest absolute Gasteiger partial charge is 0.457 e. The predicted octanol–water partition coefficient (Wildman–Crippen LogP) is 4.45. The number of carbonyl (C=O) groups excluding carboxylic acids is 3. The average molecular weight is 381 g/mol. The molecule has 148 valence electrons. The molecule has 2 aromatic rings. The Morgan fingerprint density at radius 1 is 0.964 bits per heavy atom. The number of ketones is 2. The summed E-state index contributed by atoms with van der Waals surface area (Å²) in [5.74, 6) is -0.810. The minimum Gasteiger partial charge on any atom is -0.457 e. The standard InChI is InChI=1S/C23H27NO4/c1-14-5-6-15(2)19(11-14)21(25)9-10-23(27)28-13-22(26)20-12-16(3)24(17(20)4)18-7-8-18/h5-6,11-12,18H,7-10,13H2,1-4H3. The van der Waals surface area contributed by atoms with Gasteiger partial charge in [0, 0.05) is 35.0 Å². The Hall–Kier alpha value is -2.69. The lowest BCUT2D eigenvalue weighted by atomic mass is 9.99. The Morgan fingerprint density at radius 3 is 2.36 bits per heavy atom. The van der Waals surface area contributed by atoms with Crippen LogP contribution in [-0.4, -0.2) is 28.7 Å². The van der Waals surface area contributed by atoms with Crippen molar-refractivity contribution in [3.8, 4) is 0 Å². The lowest BCUT2D eigenvalue weighted by Gasteiger charge is -2.08. The Bertz CT molecular complexity index is 934. The zero-order chi connectivity index (χ0) is 20.4. The van der Waals surface area contributed by atoms with Gasteiger partial charge in [-0.2, -0.15) is 0 Å². The molecule has 0 N–H and O–H groups in total. The normalized spacial score (nSPS) is 13.4. The molecular formula is C23H27NO4. The van der Waals surface area contributed by atoms with Crippen molar-refractivity contribution < 1.29 is 19.1 Å². The zero-order valence-corrected chi connectivity index (χ0v) is 17.0. The van der Waals surface area contributed by atoms with Crippen LogP contribution < -0.4 is 0 Å². The summed E-state index contributed by atoms with van der Waals surface area (Å²) in [5, 5.41) is 0. The van der Waals surface area contributed by atoms with E-state index in [0.717, 1.165) is 35.4 Å². The third-order valence-corrected chi connectivity index (χ3v) is 5.31. The molecule has 5 nitrogen and oxygen atoms in total. The molecular weight excluding hydrogens is 354 g/mol. The van der Waals surface area contributed by atoms with Crippen LogP contribution in [0.3, 0.4) is 0 Å². The predicted molar refractivity (Wildman–Crippen MR) is 107 cm³/mol. The molecule has 1 saturated carbocycles. The van der Waals surface area contributed by atoms with E-state index in [0.29, 0.717) is 17.2 Å². The lowest BCUT2D eigenvalue weighted by Crippen LogP contribution is -2.16. The van der Waals surface area contributed by atoms with E-state index in [9.17, 15) is 14.4 Å². The molecule has 1 heterocycles. The van der Waals surface area contributed by atoms with Gasteiger partial charge in [-0.1, -0.05) is 17.7 Å². The maximum absolute atomic E-state index is 12.5. The number of hydrogen-bond acceptors (Lipinski definition) is 4. The third-order valence-electron chi connectivity index (χ3n) is 5.31. The van der Waals surface area contributed by atoms with Gasteiger partial charge in [0.2, 0.25) is 5.78 Å². The van der Waals surface area contributed by atoms with E-state index in [1.807, 2.05) is 52.0 Å². The van der Waals surface area contributed by atoms with Gasteiger partial charge < -0.3 is 9.30 Å². The Balaban J connectivity index is 1.52. The molecule has 0 spiro atoms. The summed E-state index contributed by atoms with van der Waals surface area (Å²) in [6.07, 6.45) is 2.34. The number of hydrogen-bond donors (Lipinski definition) is 0. The maximum Gasteiger partial charge on any atom is 0.306 e. The van der Waals surface area contributed by atoms with Gasteiger partial charge in [-0.05, 0) is 58.2 Å². The van der Waals surface area contributed by atoms with E-state index < -0.39 is 5.97 Å². The summed E-state index contributed by atoms with van der Waals surface area (Å²) >= 11 is 0. The molecule has 28 heavy (non-hydrogen) atoms. The first-order valence-electron chi connectivity index (χ1n) is 9.75. The first-order chi connectivity index (χ1) is 13.3. The Labute approximate surface area is 165 Å². The number of Topliss-reactive ketones (excluding diaryl/α,β-unsaturated/α-hetero) is 2. The first kappa shape index (κ1) is 20.1. The van der Waals surface area contributed by atoms with Crippen LogP contribution in [0.25, 0.3) is 0 Å². The van der Waals surface area contributed by atoms with Gasteiger partial charge >= 0.3 is 5.97 Å². The first-order valence-corrected chi connectivity index (χ1v) is 9.75. The van der Waals surface area contributed by atoms with Gasteiger partial charge in [-0.25, -0.2) is 0 Å². The highest BCUT2D eigenvalue weighted by molar-refractivity contribution is 6.00. The molecule has 3 rings (SSSR count). The van der Waals surface area contributed by atoms with Crippen molar-refractivity contribution in [2.45, 2.75) is 59.4 Å². The smallest absolute Gasteiger partial charge is 0.306 e. The number of aromatic nitrogens is 1.